The van der Waals surface area contributed by atoms with E-state index in [2.05, 4.69) is 21.3 Å². The van der Waals surface area contributed by atoms with Gasteiger partial charge in [0.1, 0.15) is 30.2 Å². The number of carbonyl (C=O) groups excluding carboxylic acids is 5. The van der Waals surface area contributed by atoms with Gasteiger partial charge in [0.05, 0.1) is 6.04 Å². The van der Waals surface area contributed by atoms with Gasteiger partial charge in [0.15, 0.2) is 0 Å². The monoisotopic (exact) mass is 638 g/mol. The van der Waals surface area contributed by atoms with Crippen molar-refractivity contribution in [3.8, 4) is 0 Å². The van der Waals surface area contributed by atoms with E-state index in [4.69, 9.17) is 5.73 Å². The van der Waals surface area contributed by atoms with Crippen molar-refractivity contribution in [1.29, 1.82) is 0 Å². The molecule has 0 bridgehead atoms. The summed E-state index contributed by atoms with van der Waals surface area (Å²) in [5.74, 6) is -4.74. The van der Waals surface area contributed by atoms with Gasteiger partial charge in [-0.15, -0.1) is 0 Å². The van der Waals surface area contributed by atoms with Gasteiger partial charge in [-0.1, -0.05) is 75.7 Å². The molecule has 13 heteroatoms. The molecule has 13 nitrogen and oxygen atoms in total. The van der Waals surface area contributed by atoms with Gasteiger partial charge < -0.3 is 37.0 Å². The third kappa shape index (κ3) is 11.6. The van der Waals surface area contributed by atoms with Crippen LogP contribution in [0.4, 0.5) is 0 Å². The van der Waals surface area contributed by atoms with Gasteiger partial charge in [-0.05, 0) is 48.9 Å². The van der Waals surface area contributed by atoms with Crippen molar-refractivity contribution >= 4 is 35.5 Å². The van der Waals surface area contributed by atoms with E-state index >= 15 is 0 Å². The highest BCUT2D eigenvalue weighted by atomic mass is 16.4. The summed E-state index contributed by atoms with van der Waals surface area (Å²) in [6, 6.07) is -5.66. The molecular weight excluding hydrogens is 580 g/mol. The van der Waals surface area contributed by atoms with Gasteiger partial charge in [0.25, 0.3) is 0 Å². The fourth-order valence-electron chi connectivity index (χ4n) is 5.23. The molecule has 0 aromatic carbocycles. The smallest absolute Gasteiger partial charge is 0.326 e. The van der Waals surface area contributed by atoms with Gasteiger partial charge in [-0.25, -0.2) is 4.79 Å². The van der Waals surface area contributed by atoms with Crippen LogP contribution in [0.15, 0.2) is 0 Å². The molecule has 0 aromatic heterocycles. The predicted molar refractivity (Wildman–Crippen MR) is 171 cm³/mol. The van der Waals surface area contributed by atoms with Crippen LogP contribution in [0, 0.1) is 29.6 Å². The second-order valence-electron chi connectivity index (χ2n) is 13.8. The Morgan fingerprint density at radius 1 is 0.756 bits per heavy atom. The van der Waals surface area contributed by atoms with Crippen LogP contribution in [0.1, 0.15) is 94.9 Å². The molecular formula is C32H58N6O7. The fourth-order valence-corrected chi connectivity index (χ4v) is 5.23. The van der Waals surface area contributed by atoms with E-state index in [0.717, 1.165) is 0 Å². The van der Waals surface area contributed by atoms with Gasteiger partial charge in [0, 0.05) is 6.54 Å². The van der Waals surface area contributed by atoms with Crippen LogP contribution < -0.4 is 27.0 Å². The van der Waals surface area contributed by atoms with E-state index in [1.165, 1.54) is 4.90 Å². The Kier molecular flexibility index (Phi) is 16.0. The minimum atomic E-state index is -1.15. The van der Waals surface area contributed by atoms with E-state index in [9.17, 15) is 33.9 Å². The zero-order chi connectivity index (χ0) is 34.8. The molecule has 0 aromatic rings. The molecule has 258 valence electrons. The minimum absolute atomic E-state index is 0.00931. The number of carboxylic acids is 1. The zero-order valence-corrected chi connectivity index (χ0v) is 28.8. The first-order chi connectivity index (χ1) is 20.8. The molecule has 0 unspecified atom stereocenters. The summed E-state index contributed by atoms with van der Waals surface area (Å²) in [7, 11) is 0. The maximum Gasteiger partial charge on any atom is 0.326 e. The molecule has 1 heterocycles. The summed E-state index contributed by atoms with van der Waals surface area (Å²) in [6.45, 7) is 18.4. The van der Waals surface area contributed by atoms with Gasteiger partial charge in [-0.2, -0.15) is 0 Å². The summed E-state index contributed by atoms with van der Waals surface area (Å²) in [5, 5.41) is 20.5. The number of aliphatic carboxylic acids is 1. The van der Waals surface area contributed by atoms with E-state index in [0.29, 0.717) is 25.8 Å². The number of nitrogens with zero attached hydrogens (tertiary/aromatic N) is 1. The fraction of sp³-hybridized carbons (Fsp3) is 0.812. The Morgan fingerprint density at radius 3 is 1.78 bits per heavy atom. The highest BCUT2D eigenvalue weighted by molar-refractivity contribution is 5.96. The average Bonchev–Trinajstić information content (AvgIpc) is 3.44. The van der Waals surface area contributed by atoms with Crippen LogP contribution in [0.2, 0.25) is 0 Å². The third-order valence-electron chi connectivity index (χ3n) is 8.45. The van der Waals surface area contributed by atoms with Crippen molar-refractivity contribution in [2.45, 2.75) is 131 Å². The van der Waals surface area contributed by atoms with E-state index in [1.54, 1.807) is 27.7 Å². The molecule has 1 saturated heterocycles. The van der Waals surface area contributed by atoms with E-state index in [1.807, 2.05) is 41.5 Å². The number of carbonyl (C=O) groups is 6. The number of amides is 5. The van der Waals surface area contributed by atoms with Crippen molar-refractivity contribution in [3.63, 3.8) is 0 Å². The highest BCUT2D eigenvalue weighted by Gasteiger charge is 2.41. The first-order valence-corrected chi connectivity index (χ1v) is 16.3. The summed E-state index contributed by atoms with van der Waals surface area (Å²) in [6.07, 6.45) is 1.76. The van der Waals surface area contributed by atoms with Crippen LogP contribution in [0.25, 0.3) is 0 Å². The molecule has 0 spiro atoms. The molecule has 0 aliphatic carbocycles. The minimum Gasteiger partial charge on any atom is -0.480 e. The Hall–Kier alpha value is -3.22. The molecule has 1 aliphatic rings. The second kappa shape index (κ2) is 18.1. The summed E-state index contributed by atoms with van der Waals surface area (Å²) >= 11 is 0. The summed E-state index contributed by atoms with van der Waals surface area (Å²) in [4.78, 5) is 80.0. The second-order valence-corrected chi connectivity index (χ2v) is 13.8. The standard InChI is InChI=1S/C32H58N6O7/c1-11-20(10)26(31(43)38-14-12-13-22(38)28(40)36-25(19(8)9)32(44)45)37-27(39)21(15-16(2)3)34-30(42)24(18(6)7)35-29(41)23(33)17(4)5/h16-26H,11-15,33H2,1-10H3,(H,34,42)(H,35,41)(H,36,40)(H,37,39)(H,44,45)/t20-,21-,22-,23-,24-,25-,26-/m0/s1. The molecule has 1 rings (SSSR count). The Labute approximate surface area is 268 Å². The molecule has 0 radical (unpaired) electrons. The lowest BCUT2D eigenvalue weighted by Gasteiger charge is -2.33. The normalized spacial score (nSPS) is 19.1. The number of nitrogens with one attached hydrogen (secondary N) is 4. The van der Waals surface area contributed by atoms with Gasteiger partial charge >= 0.3 is 5.97 Å². The Bertz CT molecular complexity index is 1050. The number of carboxylic acid groups (broad SMARTS) is 1. The lowest BCUT2D eigenvalue weighted by molar-refractivity contribution is -0.146. The van der Waals surface area contributed by atoms with E-state index in [-0.39, 0.29) is 36.0 Å². The molecule has 7 atom stereocenters. The molecule has 45 heavy (non-hydrogen) atoms. The zero-order valence-electron chi connectivity index (χ0n) is 28.8. The Balaban J connectivity index is 3.21. The maximum absolute atomic E-state index is 13.9. The van der Waals surface area contributed by atoms with Crippen molar-refractivity contribution in [2.24, 2.45) is 35.3 Å². The maximum atomic E-state index is 13.9. The van der Waals surface area contributed by atoms with Crippen molar-refractivity contribution in [2.75, 3.05) is 6.54 Å². The van der Waals surface area contributed by atoms with Crippen LogP contribution in [0.3, 0.4) is 0 Å². The number of hydrogen-bond acceptors (Lipinski definition) is 7. The summed E-state index contributed by atoms with van der Waals surface area (Å²) in [5.41, 5.74) is 5.98. The van der Waals surface area contributed by atoms with Crippen molar-refractivity contribution in [1.82, 2.24) is 26.2 Å². The highest BCUT2D eigenvalue weighted by Crippen LogP contribution is 2.22. The van der Waals surface area contributed by atoms with Crippen LogP contribution in [0.5, 0.6) is 0 Å². The SMILES string of the molecule is CC[C@H](C)[C@H](NC(=O)[C@H](CC(C)C)NC(=O)[C@@H](NC(=O)[C@@H](N)C(C)C)C(C)C)C(=O)N1CCC[C@H]1C(=O)N[C@H](C(=O)O)C(C)C. The van der Waals surface area contributed by atoms with Crippen LogP contribution >= 0.6 is 0 Å². The average molecular weight is 639 g/mol. The quantitative estimate of drug-likeness (QED) is 0.137. The topological polar surface area (TPSA) is 200 Å². The Morgan fingerprint density at radius 2 is 1.31 bits per heavy atom. The van der Waals surface area contributed by atoms with Crippen molar-refractivity contribution < 1.29 is 33.9 Å². The first-order valence-electron chi connectivity index (χ1n) is 16.3. The lowest BCUT2D eigenvalue weighted by atomic mass is 9.95. The molecule has 5 amide bonds. The predicted octanol–water partition coefficient (Wildman–Crippen LogP) is 1.39. The van der Waals surface area contributed by atoms with Gasteiger partial charge in [-0.3, -0.25) is 24.0 Å². The van der Waals surface area contributed by atoms with E-state index < -0.39 is 71.8 Å². The largest absolute Gasteiger partial charge is 0.480 e. The molecule has 0 saturated carbocycles. The van der Waals surface area contributed by atoms with Gasteiger partial charge in [0.2, 0.25) is 29.5 Å². The molecule has 1 aliphatic heterocycles. The van der Waals surface area contributed by atoms with Crippen LogP contribution in [-0.4, -0.2) is 88.3 Å². The first kappa shape index (κ1) is 39.8. The number of rotatable bonds is 17. The summed E-state index contributed by atoms with van der Waals surface area (Å²) < 4.78 is 0. The lowest BCUT2D eigenvalue weighted by Crippen LogP contribution is -2.61. The molecule has 7 N–H and O–H groups in total. The number of nitrogens with two attached hydrogens (primary N) is 1. The third-order valence-corrected chi connectivity index (χ3v) is 8.45. The van der Waals surface area contributed by atoms with Crippen LogP contribution in [-0.2, 0) is 28.8 Å². The number of likely N-dealkylation sites (tertiary alicyclic amines) is 1. The van der Waals surface area contributed by atoms with Crippen molar-refractivity contribution in [3.05, 3.63) is 0 Å². The number of hydrogen-bond donors (Lipinski definition) is 6. The molecule has 1 fully saturated rings.